The number of ether oxygens (including phenoxy) is 3. The van der Waals surface area contributed by atoms with Crippen LogP contribution in [0.4, 0.5) is 5.69 Å². The third-order valence-electron chi connectivity index (χ3n) is 4.65. The Morgan fingerprint density at radius 1 is 0.933 bits per heavy atom. The Morgan fingerprint density at radius 2 is 1.70 bits per heavy atom. The summed E-state index contributed by atoms with van der Waals surface area (Å²) in [4.78, 5) is 4.47. The molecule has 0 spiro atoms. The molecule has 0 aliphatic carbocycles. The molecule has 4 rings (SSSR count). The van der Waals surface area contributed by atoms with Crippen molar-refractivity contribution in [2.45, 2.75) is 19.6 Å². The van der Waals surface area contributed by atoms with Crippen LogP contribution in [-0.4, -0.2) is 19.2 Å². The maximum atomic E-state index is 6.10. The highest BCUT2D eigenvalue weighted by Crippen LogP contribution is 2.32. The van der Waals surface area contributed by atoms with Crippen LogP contribution >= 0.6 is 0 Å². The first-order valence-corrected chi connectivity index (χ1v) is 9.99. The fourth-order valence-corrected chi connectivity index (χ4v) is 3.11. The quantitative estimate of drug-likeness (QED) is 0.472. The highest BCUT2D eigenvalue weighted by atomic mass is 16.5. The Bertz CT molecular complexity index is 1010. The molecule has 0 bridgehead atoms. The molecule has 6 heteroatoms. The minimum Gasteiger partial charge on any atom is -0.490 e. The Balaban J connectivity index is 1.39. The van der Waals surface area contributed by atoms with Crippen LogP contribution in [0, 0.1) is 0 Å². The lowest BCUT2D eigenvalue weighted by molar-refractivity contribution is 0.297. The van der Waals surface area contributed by atoms with Gasteiger partial charge < -0.3 is 25.3 Å². The summed E-state index contributed by atoms with van der Waals surface area (Å²) in [5, 5.41) is 3.11. The van der Waals surface area contributed by atoms with Crippen molar-refractivity contribution < 1.29 is 14.2 Å². The first kappa shape index (κ1) is 19.6. The average molecular weight is 403 g/mol. The third kappa shape index (κ3) is 5.23. The topological polar surface area (TPSA) is 78.1 Å². The molecule has 3 aromatic rings. The van der Waals surface area contributed by atoms with Crippen molar-refractivity contribution in [1.29, 1.82) is 0 Å². The third-order valence-corrected chi connectivity index (χ3v) is 4.65. The van der Waals surface area contributed by atoms with Crippen LogP contribution in [0.2, 0.25) is 0 Å². The molecule has 1 heterocycles. The zero-order valence-electron chi connectivity index (χ0n) is 16.7. The van der Waals surface area contributed by atoms with E-state index >= 15 is 0 Å². The van der Waals surface area contributed by atoms with Crippen LogP contribution in [0.15, 0.2) is 77.8 Å². The van der Waals surface area contributed by atoms with Crippen molar-refractivity contribution in [2.24, 2.45) is 10.7 Å². The number of fused-ring (bicyclic) bond motifs is 1. The van der Waals surface area contributed by atoms with E-state index in [1.54, 1.807) is 0 Å². The monoisotopic (exact) mass is 403 g/mol. The van der Waals surface area contributed by atoms with Gasteiger partial charge in [-0.2, -0.15) is 0 Å². The summed E-state index contributed by atoms with van der Waals surface area (Å²) in [6.45, 7) is 2.22. The van der Waals surface area contributed by atoms with Gasteiger partial charge in [-0.1, -0.05) is 48.5 Å². The molecule has 0 atom stereocenters. The van der Waals surface area contributed by atoms with Crippen molar-refractivity contribution in [2.75, 3.05) is 18.5 Å². The first-order chi connectivity index (χ1) is 14.8. The maximum Gasteiger partial charge on any atom is 0.193 e. The number of hydrogen-bond donors (Lipinski definition) is 2. The molecule has 0 saturated heterocycles. The van der Waals surface area contributed by atoms with Crippen LogP contribution in [0.25, 0.3) is 0 Å². The normalized spacial score (nSPS) is 13.4. The summed E-state index contributed by atoms with van der Waals surface area (Å²) < 4.78 is 17.4. The van der Waals surface area contributed by atoms with Crippen LogP contribution in [0.1, 0.15) is 17.5 Å². The lowest BCUT2D eigenvalue weighted by atomic mass is 10.2. The van der Waals surface area contributed by atoms with Gasteiger partial charge in [-0.05, 0) is 23.8 Å². The molecular formula is C24H25N3O3. The van der Waals surface area contributed by atoms with Gasteiger partial charge >= 0.3 is 0 Å². The number of rotatable bonds is 6. The van der Waals surface area contributed by atoms with E-state index in [4.69, 9.17) is 19.9 Å². The van der Waals surface area contributed by atoms with Crippen molar-refractivity contribution in [3.63, 3.8) is 0 Å². The number of nitrogens with two attached hydrogens (primary N) is 1. The van der Waals surface area contributed by atoms with Gasteiger partial charge in [-0.25, -0.2) is 4.99 Å². The molecule has 0 radical (unpaired) electrons. The van der Waals surface area contributed by atoms with Crippen LogP contribution < -0.4 is 25.3 Å². The number of anilines is 1. The van der Waals surface area contributed by atoms with Gasteiger partial charge in [0.15, 0.2) is 17.5 Å². The van der Waals surface area contributed by atoms with E-state index in [-0.39, 0.29) is 0 Å². The Labute approximate surface area is 176 Å². The molecule has 6 nitrogen and oxygen atoms in total. The SMILES string of the molecule is NC(=NCc1ccccc1OCc1ccccc1)Nc1ccc2c(c1)OCCCO2. The summed E-state index contributed by atoms with van der Waals surface area (Å²) in [5.74, 6) is 2.58. The molecular weight excluding hydrogens is 378 g/mol. The van der Waals surface area contributed by atoms with Crippen molar-refractivity contribution in [1.82, 2.24) is 0 Å². The maximum absolute atomic E-state index is 6.10. The number of benzene rings is 3. The molecule has 1 aliphatic heterocycles. The fraction of sp³-hybridized carbons (Fsp3) is 0.208. The lowest BCUT2D eigenvalue weighted by Gasteiger charge is -2.12. The lowest BCUT2D eigenvalue weighted by Crippen LogP contribution is -2.22. The molecule has 0 unspecified atom stereocenters. The summed E-state index contributed by atoms with van der Waals surface area (Å²) in [6.07, 6.45) is 0.868. The smallest absolute Gasteiger partial charge is 0.193 e. The van der Waals surface area contributed by atoms with E-state index in [1.165, 1.54) is 0 Å². The van der Waals surface area contributed by atoms with E-state index in [0.717, 1.165) is 34.7 Å². The van der Waals surface area contributed by atoms with Crippen molar-refractivity contribution >= 4 is 11.6 Å². The van der Waals surface area contributed by atoms with Crippen LogP contribution in [-0.2, 0) is 13.2 Å². The Morgan fingerprint density at radius 3 is 2.57 bits per heavy atom. The number of para-hydroxylation sites is 1. The number of aliphatic imine (C=N–C) groups is 1. The van der Waals surface area contributed by atoms with Crippen LogP contribution in [0.3, 0.4) is 0 Å². The zero-order chi connectivity index (χ0) is 20.6. The molecule has 3 N–H and O–H groups in total. The number of hydrogen-bond acceptors (Lipinski definition) is 4. The first-order valence-electron chi connectivity index (χ1n) is 9.99. The number of guanidine groups is 1. The highest BCUT2D eigenvalue weighted by Gasteiger charge is 2.11. The van der Waals surface area contributed by atoms with Gasteiger partial charge in [0, 0.05) is 23.7 Å². The molecule has 0 saturated carbocycles. The summed E-state index contributed by atoms with van der Waals surface area (Å²) in [6, 6.07) is 23.6. The van der Waals surface area contributed by atoms with E-state index in [9.17, 15) is 0 Å². The van der Waals surface area contributed by atoms with E-state index in [0.29, 0.717) is 38.1 Å². The van der Waals surface area contributed by atoms with Crippen molar-refractivity contribution in [3.05, 3.63) is 83.9 Å². The van der Waals surface area contributed by atoms with Gasteiger partial charge in [0.25, 0.3) is 0 Å². The number of nitrogens with one attached hydrogen (secondary N) is 1. The predicted molar refractivity (Wildman–Crippen MR) is 118 cm³/mol. The highest BCUT2D eigenvalue weighted by molar-refractivity contribution is 5.92. The van der Waals surface area contributed by atoms with Gasteiger partial charge in [0.2, 0.25) is 0 Å². The number of nitrogens with zero attached hydrogens (tertiary/aromatic N) is 1. The zero-order valence-corrected chi connectivity index (χ0v) is 16.7. The molecule has 3 aromatic carbocycles. The molecule has 30 heavy (non-hydrogen) atoms. The molecule has 154 valence electrons. The van der Waals surface area contributed by atoms with Gasteiger partial charge in [0.1, 0.15) is 12.4 Å². The Hall–Kier alpha value is -3.67. The van der Waals surface area contributed by atoms with Crippen LogP contribution in [0.5, 0.6) is 17.2 Å². The second-order valence-corrected chi connectivity index (χ2v) is 6.92. The minimum atomic E-state index is 0.322. The molecule has 0 fully saturated rings. The minimum absolute atomic E-state index is 0.322. The van der Waals surface area contributed by atoms with Gasteiger partial charge in [0.05, 0.1) is 19.8 Å². The van der Waals surface area contributed by atoms with E-state index < -0.39 is 0 Å². The largest absolute Gasteiger partial charge is 0.490 e. The summed E-state index contributed by atoms with van der Waals surface area (Å²) >= 11 is 0. The second kappa shape index (κ2) is 9.69. The van der Waals surface area contributed by atoms with E-state index in [2.05, 4.69) is 10.3 Å². The standard InChI is InChI=1S/C24H25N3O3/c25-24(27-20-11-12-22-23(15-20)29-14-6-13-28-22)26-16-19-9-4-5-10-21(19)30-17-18-7-2-1-3-8-18/h1-5,7-12,15H,6,13-14,16-17H2,(H3,25,26,27). The average Bonchev–Trinajstić information content (AvgIpc) is 3.02. The van der Waals surface area contributed by atoms with Gasteiger partial charge in [-0.15, -0.1) is 0 Å². The molecule has 1 aliphatic rings. The Kier molecular flexibility index (Phi) is 6.35. The molecule has 0 amide bonds. The fourth-order valence-electron chi connectivity index (χ4n) is 3.11. The molecule has 0 aromatic heterocycles. The summed E-state index contributed by atoms with van der Waals surface area (Å²) in [5.41, 5.74) is 8.99. The summed E-state index contributed by atoms with van der Waals surface area (Å²) in [7, 11) is 0. The van der Waals surface area contributed by atoms with Crippen molar-refractivity contribution in [3.8, 4) is 17.2 Å². The van der Waals surface area contributed by atoms with E-state index in [1.807, 2.05) is 72.8 Å². The predicted octanol–water partition coefficient (Wildman–Crippen LogP) is 4.35. The van der Waals surface area contributed by atoms with Gasteiger partial charge in [-0.3, -0.25) is 0 Å². The second-order valence-electron chi connectivity index (χ2n) is 6.92.